The molecule has 0 aromatic carbocycles. The SMILES string of the molecule is CC1(BBBC2(C)CCCCCCCCCC2)CCCCCCCCCCC1. The zero-order valence-electron chi connectivity index (χ0n) is 20.0. The summed E-state index contributed by atoms with van der Waals surface area (Å²) >= 11 is 0. The van der Waals surface area contributed by atoms with Gasteiger partial charge < -0.3 is 0 Å². The Morgan fingerprint density at radius 3 is 0.821 bits per heavy atom. The van der Waals surface area contributed by atoms with E-state index in [1.165, 1.54) is 156 Å². The first-order valence-electron chi connectivity index (χ1n) is 13.6. The third-order valence-electron chi connectivity index (χ3n) is 8.43. The molecule has 0 saturated heterocycles. The molecule has 160 valence electrons. The molecule has 0 heterocycles. The first kappa shape index (κ1) is 24.5. The average molecular weight is 384 g/mol. The van der Waals surface area contributed by atoms with Gasteiger partial charge in [0.25, 0.3) is 0 Å². The van der Waals surface area contributed by atoms with Gasteiger partial charge in [0.1, 0.15) is 0 Å². The molecule has 28 heavy (non-hydrogen) atoms. The lowest BCUT2D eigenvalue weighted by Crippen LogP contribution is -2.32. The van der Waals surface area contributed by atoms with Gasteiger partial charge in [0.15, 0.2) is 0 Å². The highest BCUT2D eigenvalue weighted by Crippen LogP contribution is 2.40. The van der Waals surface area contributed by atoms with Crippen molar-refractivity contribution < 1.29 is 0 Å². The summed E-state index contributed by atoms with van der Waals surface area (Å²) in [7, 11) is 4.50. The topological polar surface area (TPSA) is 0 Å². The third-order valence-corrected chi connectivity index (χ3v) is 8.43. The largest absolute Gasteiger partial charge is 0.0859 e. The Kier molecular flexibility index (Phi) is 12.4. The number of hydrogen-bond acceptors (Lipinski definition) is 0. The van der Waals surface area contributed by atoms with Crippen molar-refractivity contribution in [3.05, 3.63) is 0 Å². The van der Waals surface area contributed by atoms with Crippen LogP contribution in [0.25, 0.3) is 0 Å². The minimum atomic E-state index is 0.642. The first-order valence-corrected chi connectivity index (χ1v) is 13.6. The van der Waals surface area contributed by atoms with Crippen molar-refractivity contribution in [2.24, 2.45) is 0 Å². The van der Waals surface area contributed by atoms with E-state index in [-0.39, 0.29) is 0 Å². The van der Waals surface area contributed by atoms with E-state index in [0.717, 1.165) is 0 Å². The predicted octanol–water partition coefficient (Wildman–Crippen LogP) is 7.70. The van der Waals surface area contributed by atoms with E-state index in [0.29, 0.717) is 10.6 Å². The minimum Gasteiger partial charge on any atom is -0.0673 e. The lowest BCUT2D eigenvalue weighted by molar-refractivity contribution is 0.435. The van der Waals surface area contributed by atoms with Crippen molar-refractivity contribution >= 4 is 21.4 Å². The van der Waals surface area contributed by atoms with E-state index in [2.05, 4.69) is 13.8 Å². The summed E-state index contributed by atoms with van der Waals surface area (Å²) in [4.78, 5) is 0. The van der Waals surface area contributed by atoms with Crippen LogP contribution in [-0.4, -0.2) is 21.4 Å². The van der Waals surface area contributed by atoms with E-state index < -0.39 is 0 Å². The smallest absolute Gasteiger partial charge is 0.0673 e. The molecule has 0 aliphatic heterocycles. The predicted molar refractivity (Wildman–Crippen MR) is 135 cm³/mol. The van der Waals surface area contributed by atoms with E-state index in [1.54, 1.807) is 0 Å². The highest BCUT2D eigenvalue weighted by molar-refractivity contribution is 7.30. The second-order valence-electron chi connectivity index (χ2n) is 11.5. The van der Waals surface area contributed by atoms with E-state index in [9.17, 15) is 0 Å². The van der Waals surface area contributed by atoms with Gasteiger partial charge in [0.2, 0.25) is 0 Å². The molecule has 0 nitrogen and oxygen atoms in total. The number of rotatable bonds is 4. The molecule has 3 heteroatoms. The van der Waals surface area contributed by atoms with Gasteiger partial charge in [-0.25, -0.2) is 0 Å². The molecule has 0 unspecified atom stereocenters. The van der Waals surface area contributed by atoms with Gasteiger partial charge in [0, 0.05) is 0 Å². The van der Waals surface area contributed by atoms with Crippen LogP contribution in [0.2, 0.25) is 10.6 Å². The van der Waals surface area contributed by atoms with Crippen LogP contribution in [0.5, 0.6) is 0 Å². The summed E-state index contributed by atoms with van der Waals surface area (Å²) in [6.07, 6.45) is 31.4. The van der Waals surface area contributed by atoms with Crippen molar-refractivity contribution in [1.82, 2.24) is 0 Å². The zero-order chi connectivity index (χ0) is 20.0. The van der Waals surface area contributed by atoms with Crippen LogP contribution in [0.1, 0.15) is 149 Å². The van der Waals surface area contributed by atoms with Gasteiger partial charge in [-0.15, -0.1) is 0 Å². The standard InChI is InChI=1S/C25H51B3/c1-24(20-16-12-8-4-3-5-9-13-17-21-24)26-28-27-25(2)22-18-14-10-6-7-11-15-19-23-25/h26-28H,3-23H2,1-2H3. The maximum atomic E-state index is 2.65. The van der Waals surface area contributed by atoms with E-state index >= 15 is 0 Å². The maximum absolute atomic E-state index is 2.65. The van der Waals surface area contributed by atoms with Crippen molar-refractivity contribution in [2.75, 3.05) is 0 Å². The van der Waals surface area contributed by atoms with Crippen molar-refractivity contribution in [3.8, 4) is 0 Å². The molecule has 0 bridgehead atoms. The van der Waals surface area contributed by atoms with Gasteiger partial charge in [-0.05, 0) is 0 Å². The first-order chi connectivity index (χ1) is 13.6. The van der Waals surface area contributed by atoms with Gasteiger partial charge in [-0.3, -0.25) is 0 Å². The Morgan fingerprint density at radius 2 is 0.571 bits per heavy atom. The van der Waals surface area contributed by atoms with Crippen LogP contribution in [-0.2, 0) is 0 Å². The summed E-state index contributed by atoms with van der Waals surface area (Å²) in [5, 5.41) is 1.29. The summed E-state index contributed by atoms with van der Waals surface area (Å²) in [6, 6.07) is 0. The van der Waals surface area contributed by atoms with Crippen molar-refractivity contribution in [3.63, 3.8) is 0 Å². The van der Waals surface area contributed by atoms with Crippen LogP contribution in [0.4, 0.5) is 0 Å². The quantitative estimate of drug-likeness (QED) is 0.436. The van der Waals surface area contributed by atoms with Gasteiger partial charge >= 0.3 is 0 Å². The molecule has 2 fully saturated rings. The lowest BCUT2D eigenvalue weighted by Gasteiger charge is -2.33. The monoisotopic (exact) mass is 384 g/mol. The van der Waals surface area contributed by atoms with Crippen LogP contribution in [0, 0.1) is 0 Å². The fraction of sp³-hybridized carbons (Fsp3) is 1.00. The molecular formula is C25H51B3. The summed E-state index contributed by atoms with van der Waals surface area (Å²) in [5.41, 5.74) is 0. The van der Waals surface area contributed by atoms with Crippen molar-refractivity contribution in [1.29, 1.82) is 0 Å². The van der Waals surface area contributed by atoms with Gasteiger partial charge in [-0.2, -0.15) is 0 Å². The fourth-order valence-corrected chi connectivity index (χ4v) is 6.20. The molecule has 0 aromatic rings. The second-order valence-corrected chi connectivity index (χ2v) is 11.5. The molecule has 0 spiro atoms. The van der Waals surface area contributed by atoms with Crippen molar-refractivity contribution in [2.45, 2.75) is 159 Å². The summed E-state index contributed by atoms with van der Waals surface area (Å²) in [5.74, 6) is 0. The molecule has 0 atom stereocenters. The molecule has 0 radical (unpaired) electrons. The molecular weight excluding hydrogens is 333 g/mol. The van der Waals surface area contributed by atoms with Crippen LogP contribution >= 0.6 is 0 Å². The Bertz CT molecular complexity index is 358. The molecule has 2 aliphatic carbocycles. The molecule has 2 aliphatic rings. The molecule has 0 N–H and O–H groups in total. The molecule has 0 aromatic heterocycles. The Morgan fingerprint density at radius 1 is 0.357 bits per heavy atom. The molecule has 2 rings (SSSR count). The highest BCUT2D eigenvalue weighted by atomic mass is 14.2. The average Bonchev–Trinajstić information content (AvgIpc) is 2.71. The molecule has 0 amide bonds. The van der Waals surface area contributed by atoms with Gasteiger partial charge in [0.05, 0.1) is 21.4 Å². The normalized spacial score (nSPS) is 25.9. The van der Waals surface area contributed by atoms with Gasteiger partial charge in [-0.1, -0.05) is 159 Å². The number of hydrogen-bond donors (Lipinski definition) is 0. The summed E-state index contributed by atoms with van der Waals surface area (Å²) < 4.78 is 0. The zero-order valence-corrected chi connectivity index (χ0v) is 20.0. The Hall–Kier alpha value is 0.195. The maximum Gasteiger partial charge on any atom is 0.0859 e. The highest BCUT2D eigenvalue weighted by Gasteiger charge is 2.29. The van der Waals surface area contributed by atoms with E-state index in [1.807, 2.05) is 0 Å². The van der Waals surface area contributed by atoms with Crippen LogP contribution < -0.4 is 0 Å². The lowest BCUT2D eigenvalue weighted by atomic mass is 9.09. The fourth-order valence-electron chi connectivity index (χ4n) is 6.20. The van der Waals surface area contributed by atoms with Crippen LogP contribution in [0.15, 0.2) is 0 Å². The Labute approximate surface area is 180 Å². The summed E-state index contributed by atoms with van der Waals surface area (Å²) in [6.45, 7) is 5.30. The molecule has 2 saturated carbocycles. The minimum absolute atomic E-state index is 0.642. The Balaban J connectivity index is 1.79. The van der Waals surface area contributed by atoms with E-state index in [4.69, 9.17) is 0 Å². The second kappa shape index (κ2) is 14.2. The third kappa shape index (κ3) is 10.8. The van der Waals surface area contributed by atoms with Crippen LogP contribution in [0.3, 0.4) is 0 Å².